The van der Waals surface area contributed by atoms with Crippen LogP contribution in [-0.4, -0.2) is 66.9 Å². The fourth-order valence-corrected chi connectivity index (χ4v) is 9.50. The molecular weight excluding hydrogens is 1150 g/mol. The van der Waals surface area contributed by atoms with Crippen LogP contribution in [0.1, 0.15) is 68.8 Å². The summed E-state index contributed by atoms with van der Waals surface area (Å²) in [6, 6.07) is 40.5. The number of nitriles is 1. The minimum Gasteiger partial charge on any atom is -2.00 e. The Hall–Kier alpha value is -2.34. The smallest absolute Gasteiger partial charge is 0.326 e. The van der Waals surface area contributed by atoms with E-state index < -0.39 is 15.0 Å². The molecular formula is C43H61BN8PPtS3W-5. The second kappa shape index (κ2) is 30.7. The average Bonchev–Trinajstić information content (AvgIpc) is 3.81. The molecule has 3 heterocycles. The maximum atomic E-state index is 7.32. The SMILES string of the molecule is CC#N.CC[N+](CC)(CC)CC.Cc1cc(C)n([BH-](n2nc(C)cc2C)n2nc(C)cc2C)n1.[Pt].[S-2].[S-2].[S-2].[W].c1ccc([PH+](c2ccccc2)c2ccccc2)cc1. The summed E-state index contributed by atoms with van der Waals surface area (Å²) in [6.45, 7) is 27.9. The topological polar surface area (TPSA) is 77.2 Å². The Morgan fingerprint density at radius 2 is 0.759 bits per heavy atom. The number of aromatic nitrogens is 6. The molecule has 6 aromatic rings. The van der Waals surface area contributed by atoms with Crippen molar-refractivity contribution in [3.8, 4) is 6.07 Å². The molecule has 0 unspecified atom stereocenters. The Labute approximate surface area is 401 Å². The van der Waals surface area contributed by atoms with E-state index in [0.29, 0.717) is 0 Å². The normalized spacial score (nSPS) is 9.86. The van der Waals surface area contributed by atoms with Crippen LogP contribution in [0.15, 0.2) is 109 Å². The quantitative estimate of drug-likeness (QED) is 0.0817. The summed E-state index contributed by atoms with van der Waals surface area (Å²) >= 11 is 0. The minimum absolute atomic E-state index is 0. The summed E-state index contributed by atoms with van der Waals surface area (Å²) in [7, 11) is -2.14. The zero-order valence-corrected chi connectivity index (χ0v) is 44.6. The van der Waals surface area contributed by atoms with Crippen LogP contribution in [-0.2, 0) is 82.6 Å². The molecule has 0 aliphatic carbocycles. The van der Waals surface area contributed by atoms with E-state index in [1.54, 1.807) is 6.07 Å². The fourth-order valence-electron chi connectivity index (χ4n) is 6.92. The first-order valence-corrected chi connectivity index (χ1v) is 20.4. The molecule has 0 radical (unpaired) electrons. The van der Waals surface area contributed by atoms with Crippen LogP contribution in [0.3, 0.4) is 0 Å². The standard InChI is InChI=1S/C18H15P.C15H22BN6.C8H20N.C2H3N.Pt.3S.W/c1-4-10-16(11-5-1)19(17-12-6-2-7-13-17)18-14-8-3-9-15-18;1-10-7-13(4)20(17-10)16(21-14(5)8-11(2)18-21)22-15(6)9-12(3)19-22;1-5-9(6-2,7-3)8-4;1-2-3;;;;;/h1-15H;7-9,16H,1-6H3;5-8H2,1-4H3;1H3;;;;;/q;-1;+1;;;3*-2;/p+1. The van der Waals surface area contributed by atoms with Crippen molar-refractivity contribution in [2.75, 3.05) is 26.2 Å². The van der Waals surface area contributed by atoms with Gasteiger partial charge in [-0.2, -0.15) is 5.26 Å². The van der Waals surface area contributed by atoms with E-state index in [1.165, 1.54) is 53.5 Å². The zero-order valence-electron chi connectivity index (χ0n) is 36.0. The molecule has 0 spiro atoms. The molecule has 0 bridgehead atoms. The third-order valence-electron chi connectivity index (χ3n) is 9.98. The molecule has 0 aliphatic heterocycles. The number of nitrogens with zero attached hydrogens (tertiary/aromatic N) is 8. The molecule has 58 heavy (non-hydrogen) atoms. The number of quaternary nitrogens is 1. The van der Waals surface area contributed by atoms with Crippen molar-refractivity contribution in [1.29, 1.82) is 5.26 Å². The van der Waals surface area contributed by atoms with Crippen molar-refractivity contribution in [2.45, 2.75) is 76.2 Å². The van der Waals surface area contributed by atoms with Crippen molar-refractivity contribution >= 4 is 71.4 Å². The molecule has 0 saturated carbocycles. The summed E-state index contributed by atoms with van der Waals surface area (Å²) in [4.78, 5) is 0. The van der Waals surface area contributed by atoms with E-state index in [2.05, 4.69) is 171 Å². The molecule has 8 nitrogen and oxygen atoms in total. The van der Waals surface area contributed by atoms with Crippen LogP contribution in [0.4, 0.5) is 0 Å². The number of hydrogen-bond acceptors (Lipinski definition) is 4. The van der Waals surface area contributed by atoms with Crippen LogP contribution in [0.5, 0.6) is 0 Å². The maximum absolute atomic E-state index is 7.32. The van der Waals surface area contributed by atoms with Gasteiger partial charge in [0.2, 0.25) is 0 Å². The van der Waals surface area contributed by atoms with Crippen molar-refractivity contribution < 1.29 is 46.6 Å². The fraction of sp³-hybridized carbons (Fsp3) is 0.349. The molecule has 0 atom stereocenters. The third kappa shape index (κ3) is 17.0. The Morgan fingerprint density at radius 3 is 0.914 bits per heavy atom. The first-order chi connectivity index (χ1) is 25.5. The van der Waals surface area contributed by atoms with Gasteiger partial charge in [-0.25, -0.2) is 15.3 Å². The molecule has 320 valence electrons. The van der Waals surface area contributed by atoms with Gasteiger partial charge in [0.1, 0.15) is 15.9 Å². The summed E-state index contributed by atoms with van der Waals surface area (Å²) in [5.74, 6) is 0. The molecule has 6 rings (SSSR count). The number of rotatable bonds is 10. The van der Waals surface area contributed by atoms with Gasteiger partial charge in [0.25, 0.3) is 0 Å². The molecule has 0 fully saturated rings. The first kappa shape index (κ1) is 60.0. The van der Waals surface area contributed by atoms with E-state index in [4.69, 9.17) is 20.6 Å². The molecule has 0 amide bonds. The zero-order chi connectivity index (χ0) is 39.0. The largest absolute Gasteiger partial charge is 2.00 e. The summed E-state index contributed by atoms with van der Waals surface area (Å²) in [5.41, 5.74) is 6.40. The molecule has 3 aromatic carbocycles. The number of hydrogen-bond donors (Lipinski definition) is 0. The monoisotopic (exact) mass is 1210 g/mol. The van der Waals surface area contributed by atoms with Gasteiger partial charge in [-0.1, -0.05) is 54.6 Å². The second-order valence-electron chi connectivity index (χ2n) is 13.5. The average molecular weight is 1210 g/mol. The Morgan fingerprint density at radius 1 is 0.534 bits per heavy atom. The molecule has 15 heteroatoms. The molecule has 0 aliphatic rings. The van der Waals surface area contributed by atoms with E-state index >= 15 is 0 Å². The van der Waals surface area contributed by atoms with Gasteiger partial charge in [0.15, 0.2) is 0 Å². The summed E-state index contributed by atoms with van der Waals surface area (Å²) < 4.78 is 7.47. The predicted octanol–water partition coefficient (Wildman–Crippen LogP) is 7.37. The van der Waals surface area contributed by atoms with Gasteiger partial charge < -0.3 is 58.7 Å². The predicted molar refractivity (Wildman–Crippen MR) is 251 cm³/mol. The van der Waals surface area contributed by atoms with Crippen molar-refractivity contribution in [3.63, 3.8) is 0 Å². The Balaban J connectivity index is -0.000000773. The molecule has 0 saturated heterocycles. The van der Waals surface area contributed by atoms with Crippen molar-refractivity contribution in [3.05, 3.63) is 143 Å². The van der Waals surface area contributed by atoms with Crippen LogP contribution in [0, 0.1) is 52.9 Å². The van der Waals surface area contributed by atoms with Crippen LogP contribution < -0.4 is 15.9 Å². The minimum atomic E-state index is -1.26. The Bertz CT molecular complexity index is 1780. The van der Waals surface area contributed by atoms with Crippen LogP contribution in [0.25, 0.3) is 0 Å². The van der Waals surface area contributed by atoms with Gasteiger partial charge in [-0.05, 0) is 141 Å². The van der Waals surface area contributed by atoms with E-state index in [-0.39, 0.29) is 82.6 Å². The Kier molecular flexibility index (Phi) is 31.7. The van der Waals surface area contributed by atoms with E-state index in [1.807, 2.05) is 20.8 Å². The van der Waals surface area contributed by atoms with Gasteiger partial charge in [-0.3, -0.25) is 0 Å². The van der Waals surface area contributed by atoms with Crippen LogP contribution >= 0.6 is 7.92 Å². The third-order valence-corrected chi connectivity index (χ3v) is 12.7. The van der Waals surface area contributed by atoms with Gasteiger partial charge >= 0.3 is 7.12 Å². The maximum Gasteiger partial charge on any atom is 0.326 e. The second-order valence-corrected chi connectivity index (χ2v) is 16.0. The van der Waals surface area contributed by atoms with Crippen LogP contribution in [0.2, 0.25) is 0 Å². The van der Waals surface area contributed by atoms with Gasteiger partial charge in [-0.15, -0.1) is 0 Å². The number of aryl methyl sites for hydroxylation is 6. The van der Waals surface area contributed by atoms with E-state index in [9.17, 15) is 0 Å². The summed E-state index contributed by atoms with van der Waals surface area (Å²) in [5, 5.41) is 25.7. The molecule has 0 N–H and O–H groups in total. The van der Waals surface area contributed by atoms with Gasteiger partial charge in [0.05, 0.1) is 57.3 Å². The van der Waals surface area contributed by atoms with Crippen molar-refractivity contribution in [2.24, 2.45) is 0 Å². The van der Waals surface area contributed by atoms with Gasteiger partial charge in [0, 0.05) is 49.1 Å². The molecule has 3 aromatic heterocycles. The van der Waals surface area contributed by atoms with Crippen molar-refractivity contribution in [1.82, 2.24) is 29.1 Å². The van der Waals surface area contributed by atoms with E-state index in [0.717, 1.165) is 34.2 Å². The first-order valence-electron chi connectivity index (χ1n) is 18.9. The summed E-state index contributed by atoms with van der Waals surface area (Å²) in [6.07, 6.45) is 0. The number of benzene rings is 3.